The lowest BCUT2D eigenvalue weighted by Crippen LogP contribution is -2.09. The Morgan fingerprint density at radius 1 is 1.24 bits per heavy atom. The van der Waals surface area contributed by atoms with Gasteiger partial charge in [0.2, 0.25) is 0 Å². The van der Waals surface area contributed by atoms with Gasteiger partial charge in [-0.15, -0.1) is 0 Å². The summed E-state index contributed by atoms with van der Waals surface area (Å²) in [5.74, 6) is 0.815. The Morgan fingerprint density at radius 2 is 2.00 bits per heavy atom. The highest BCUT2D eigenvalue weighted by Gasteiger charge is 2.16. The molecule has 2 heterocycles. The second kappa shape index (κ2) is 5.91. The molecule has 0 aliphatic rings. The van der Waals surface area contributed by atoms with Gasteiger partial charge in [-0.1, -0.05) is 28.1 Å². The van der Waals surface area contributed by atoms with E-state index in [0.29, 0.717) is 4.77 Å². The largest absolute Gasteiger partial charge is 0.293 e. The second-order valence-corrected chi connectivity index (χ2v) is 5.99. The maximum absolute atomic E-state index is 5.40. The Bertz CT molecular complexity index is 810. The second-order valence-electron chi connectivity index (χ2n) is 4.69. The molecule has 0 aliphatic heterocycles. The number of benzene rings is 1. The van der Waals surface area contributed by atoms with Crippen LogP contribution in [0.2, 0.25) is 0 Å². The Labute approximate surface area is 136 Å². The highest BCUT2D eigenvalue weighted by atomic mass is 79.9. The van der Waals surface area contributed by atoms with E-state index in [4.69, 9.17) is 12.2 Å². The molecule has 0 saturated carbocycles. The van der Waals surface area contributed by atoms with Crippen LogP contribution in [-0.4, -0.2) is 19.7 Å². The molecule has 0 saturated heterocycles. The molecule has 1 N–H and O–H groups in total. The molecule has 0 amide bonds. The van der Waals surface area contributed by atoms with Gasteiger partial charge in [-0.25, -0.2) is 0 Å². The summed E-state index contributed by atoms with van der Waals surface area (Å²) in [5.41, 5.74) is 2.15. The molecule has 1 unspecified atom stereocenters. The van der Waals surface area contributed by atoms with Crippen LogP contribution in [0.4, 0.5) is 0 Å². The molecule has 6 heteroatoms. The molecule has 2 aromatic heterocycles. The normalized spacial score (nSPS) is 12.3. The molecule has 3 rings (SSSR count). The summed E-state index contributed by atoms with van der Waals surface area (Å²) < 4.78 is 3.67. The van der Waals surface area contributed by atoms with Crippen molar-refractivity contribution in [1.82, 2.24) is 19.7 Å². The number of nitrogens with zero attached hydrogens (tertiary/aromatic N) is 3. The third kappa shape index (κ3) is 2.82. The Morgan fingerprint density at radius 3 is 2.71 bits per heavy atom. The van der Waals surface area contributed by atoms with E-state index in [0.717, 1.165) is 21.4 Å². The van der Waals surface area contributed by atoms with Crippen molar-refractivity contribution in [1.29, 1.82) is 0 Å². The molecular weight excluding hydrogens is 348 g/mol. The predicted molar refractivity (Wildman–Crippen MR) is 88.6 cm³/mol. The maximum atomic E-state index is 5.40. The van der Waals surface area contributed by atoms with Crippen LogP contribution in [0.25, 0.3) is 11.4 Å². The van der Waals surface area contributed by atoms with Crippen LogP contribution in [0, 0.1) is 4.77 Å². The highest BCUT2D eigenvalue weighted by molar-refractivity contribution is 9.10. The van der Waals surface area contributed by atoms with Crippen LogP contribution >= 0.6 is 28.1 Å². The molecule has 0 aliphatic carbocycles. The van der Waals surface area contributed by atoms with E-state index in [-0.39, 0.29) is 6.04 Å². The number of nitrogens with one attached hydrogen (secondary N) is 1. The summed E-state index contributed by atoms with van der Waals surface area (Å²) in [5, 5.41) is 7.25. The number of halogens is 1. The van der Waals surface area contributed by atoms with Crippen LogP contribution < -0.4 is 0 Å². The first kappa shape index (κ1) is 14.2. The minimum Gasteiger partial charge on any atom is -0.293 e. The van der Waals surface area contributed by atoms with Crippen LogP contribution in [0.5, 0.6) is 0 Å². The van der Waals surface area contributed by atoms with Crippen LogP contribution in [-0.2, 0) is 0 Å². The third-order valence-electron chi connectivity index (χ3n) is 3.36. The fourth-order valence-corrected chi connectivity index (χ4v) is 2.99. The number of aromatic nitrogens is 4. The average molecular weight is 361 g/mol. The van der Waals surface area contributed by atoms with E-state index in [9.17, 15) is 0 Å². The third-order valence-corrected chi connectivity index (χ3v) is 4.14. The minimum absolute atomic E-state index is 0.0805. The number of rotatable bonds is 3. The topological polar surface area (TPSA) is 46.5 Å². The summed E-state index contributed by atoms with van der Waals surface area (Å²) in [7, 11) is 0. The van der Waals surface area contributed by atoms with E-state index in [1.54, 1.807) is 12.4 Å². The van der Waals surface area contributed by atoms with Crippen molar-refractivity contribution in [3.8, 4) is 11.4 Å². The van der Waals surface area contributed by atoms with Gasteiger partial charge in [0.25, 0.3) is 0 Å². The average Bonchev–Trinajstić information content (AvgIpc) is 2.89. The zero-order valence-corrected chi connectivity index (χ0v) is 13.7. The van der Waals surface area contributed by atoms with Gasteiger partial charge in [-0.3, -0.25) is 14.6 Å². The molecule has 0 radical (unpaired) electrons. The van der Waals surface area contributed by atoms with Crippen molar-refractivity contribution in [2.75, 3.05) is 0 Å². The van der Waals surface area contributed by atoms with E-state index >= 15 is 0 Å². The fourth-order valence-electron chi connectivity index (χ4n) is 2.28. The van der Waals surface area contributed by atoms with Crippen molar-refractivity contribution >= 4 is 28.1 Å². The number of hydrogen-bond donors (Lipinski definition) is 1. The minimum atomic E-state index is 0.0805. The van der Waals surface area contributed by atoms with Gasteiger partial charge in [0, 0.05) is 22.4 Å². The molecule has 3 aromatic rings. The number of pyridine rings is 1. The number of aromatic amines is 1. The van der Waals surface area contributed by atoms with E-state index in [1.165, 1.54) is 0 Å². The molecule has 0 spiro atoms. The maximum Gasteiger partial charge on any atom is 0.196 e. The monoisotopic (exact) mass is 360 g/mol. The van der Waals surface area contributed by atoms with Crippen molar-refractivity contribution in [2.45, 2.75) is 13.0 Å². The summed E-state index contributed by atoms with van der Waals surface area (Å²) in [6, 6.07) is 12.1. The van der Waals surface area contributed by atoms with Gasteiger partial charge in [0.05, 0.1) is 6.04 Å². The lowest BCUT2D eigenvalue weighted by Gasteiger charge is -2.16. The summed E-state index contributed by atoms with van der Waals surface area (Å²) >= 11 is 8.91. The number of hydrogen-bond acceptors (Lipinski definition) is 3. The molecule has 106 valence electrons. The Hall–Kier alpha value is -1.79. The van der Waals surface area contributed by atoms with Gasteiger partial charge in [0.15, 0.2) is 10.6 Å². The van der Waals surface area contributed by atoms with Crippen molar-refractivity contribution in [3.63, 3.8) is 0 Å². The van der Waals surface area contributed by atoms with Gasteiger partial charge in [-0.05, 0) is 49.0 Å². The van der Waals surface area contributed by atoms with E-state index in [2.05, 4.69) is 50.2 Å². The zero-order chi connectivity index (χ0) is 14.8. The molecule has 1 atom stereocenters. The SMILES string of the molecule is CC(c1cccc(Br)c1)n1c(-c2ccncc2)n[nH]c1=S. The van der Waals surface area contributed by atoms with Crippen molar-refractivity contribution in [2.24, 2.45) is 0 Å². The molecule has 1 aromatic carbocycles. The first-order valence-corrected chi connectivity index (χ1v) is 7.69. The first-order valence-electron chi connectivity index (χ1n) is 6.49. The lowest BCUT2D eigenvalue weighted by molar-refractivity contribution is 0.635. The standard InChI is InChI=1S/C15H13BrN4S/c1-10(12-3-2-4-13(16)9-12)20-14(18-19-15(20)21)11-5-7-17-8-6-11/h2-10H,1H3,(H,19,21). The van der Waals surface area contributed by atoms with Gasteiger partial charge < -0.3 is 0 Å². The van der Waals surface area contributed by atoms with E-state index in [1.807, 2.05) is 28.8 Å². The van der Waals surface area contributed by atoms with Crippen LogP contribution in [0.3, 0.4) is 0 Å². The molecular formula is C15H13BrN4S. The highest BCUT2D eigenvalue weighted by Crippen LogP contribution is 2.26. The van der Waals surface area contributed by atoms with Crippen LogP contribution in [0.15, 0.2) is 53.3 Å². The van der Waals surface area contributed by atoms with Crippen molar-refractivity contribution < 1.29 is 0 Å². The lowest BCUT2D eigenvalue weighted by atomic mass is 10.1. The number of H-pyrrole nitrogens is 1. The molecule has 4 nitrogen and oxygen atoms in total. The van der Waals surface area contributed by atoms with Gasteiger partial charge >= 0.3 is 0 Å². The quantitative estimate of drug-likeness (QED) is 0.705. The molecule has 0 bridgehead atoms. The van der Waals surface area contributed by atoms with Crippen molar-refractivity contribution in [3.05, 3.63) is 63.6 Å². The molecule has 21 heavy (non-hydrogen) atoms. The predicted octanol–water partition coefficient (Wildman–Crippen LogP) is 4.37. The summed E-state index contributed by atoms with van der Waals surface area (Å²) in [6.07, 6.45) is 3.50. The first-order chi connectivity index (χ1) is 10.2. The smallest absolute Gasteiger partial charge is 0.196 e. The fraction of sp³-hybridized carbons (Fsp3) is 0.133. The zero-order valence-electron chi connectivity index (χ0n) is 11.3. The summed E-state index contributed by atoms with van der Waals surface area (Å²) in [4.78, 5) is 4.04. The van der Waals surface area contributed by atoms with Crippen LogP contribution in [0.1, 0.15) is 18.5 Å². The Kier molecular flexibility index (Phi) is 3.98. The Balaban J connectivity index is 2.11. The van der Waals surface area contributed by atoms with Gasteiger partial charge in [0.1, 0.15) is 0 Å². The summed E-state index contributed by atoms with van der Waals surface area (Å²) in [6.45, 7) is 2.11. The van der Waals surface area contributed by atoms with E-state index < -0.39 is 0 Å². The van der Waals surface area contributed by atoms with Gasteiger partial charge in [-0.2, -0.15) is 5.10 Å². The molecule has 0 fully saturated rings.